The Labute approximate surface area is 125 Å². The molecule has 0 aliphatic rings. The topological polar surface area (TPSA) is 60.9 Å². The highest BCUT2D eigenvalue weighted by Gasteiger charge is 2.16. The van der Waals surface area contributed by atoms with Gasteiger partial charge in [0, 0.05) is 11.3 Å². The van der Waals surface area contributed by atoms with Crippen molar-refractivity contribution in [3.8, 4) is 11.3 Å². The van der Waals surface area contributed by atoms with Gasteiger partial charge < -0.3 is 4.52 Å². The highest BCUT2D eigenvalue weighted by molar-refractivity contribution is 7.09. The molecule has 0 fully saturated rings. The molecule has 0 atom stereocenters. The molecule has 108 valence electrons. The molecule has 0 radical (unpaired) electrons. The van der Waals surface area contributed by atoms with Gasteiger partial charge in [-0.2, -0.15) is 4.98 Å². The zero-order valence-electron chi connectivity index (χ0n) is 11.9. The van der Waals surface area contributed by atoms with Gasteiger partial charge >= 0.3 is 4.87 Å². The van der Waals surface area contributed by atoms with E-state index in [-0.39, 0.29) is 4.87 Å². The number of benzene rings is 1. The zero-order valence-corrected chi connectivity index (χ0v) is 12.7. The van der Waals surface area contributed by atoms with Crippen molar-refractivity contribution in [1.82, 2.24) is 14.7 Å². The molecule has 0 unspecified atom stereocenters. The Bertz CT molecular complexity index is 802. The van der Waals surface area contributed by atoms with E-state index in [9.17, 15) is 4.79 Å². The SMILES string of the molecule is CCc1noc(Cn2c(-c3ccccc3)c(C)sc2=O)n1. The van der Waals surface area contributed by atoms with Crippen LogP contribution in [0.3, 0.4) is 0 Å². The predicted octanol–water partition coefficient (Wildman–Crippen LogP) is 2.88. The van der Waals surface area contributed by atoms with E-state index >= 15 is 0 Å². The lowest BCUT2D eigenvalue weighted by Crippen LogP contribution is -2.15. The van der Waals surface area contributed by atoms with Crippen LogP contribution in [0.4, 0.5) is 0 Å². The third-order valence-corrected chi connectivity index (χ3v) is 4.13. The van der Waals surface area contributed by atoms with Crippen molar-refractivity contribution < 1.29 is 4.52 Å². The Balaban J connectivity index is 2.04. The molecule has 2 aromatic heterocycles. The summed E-state index contributed by atoms with van der Waals surface area (Å²) in [5.74, 6) is 1.12. The number of nitrogens with zero attached hydrogens (tertiary/aromatic N) is 3. The van der Waals surface area contributed by atoms with E-state index in [4.69, 9.17) is 4.52 Å². The van der Waals surface area contributed by atoms with Crippen molar-refractivity contribution in [3.05, 3.63) is 56.6 Å². The number of aromatic nitrogens is 3. The van der Waals surface area contributed by atoms with Crippen LogP contribution < -0.4 is 4.87 Å². The molecule has 0 saturated heterocycles. The average molecular weight is 301 g/mol. The lowest BCUT2D eigenvalue weighted by molar-refractivity contribution is 0.366. The number of aryl methyl sites for hydroxylation is 2. The second kappa shape index (κ2) is 5.65. The Hall–Kier alpha value is -2.21. The van der Waals surface area contributed by atoms with E-state index in [0.29, 0.717) is 24.7 Å². The maximum absolute atomic E-state index is 12.2. The fourth-order valence-corrected chi connectivity index (χ4v) is 3.10. The Morgan fingerprint density at radius 1 is 1.29 bits per heavy atom. The smallest absolute Gasteiger partial charge is 0.308 e. The first-order valence-corrected chi connectivity index (χ1v) is 7.57. The molecule has 0 aliphatic carbocycles. The summed E-state index contributed by atoms with van der Waals surface area (Å²) >= 11 is 1.24. The second-order valence-corrected chi connectivity index (χ2v) is 5.85. The van der Waals surface area contributed by atoms with Crippen LogP contribution in [0.1, 0.15) is 23.5 Å². The summed E-state index contributed by atoms with van der Waals surface area (Å²) in [6.07, 6.45) is 0.715. The largest absolute Gasteiger partial charge is 0.337 e. The van der Waals surface area contributed by atoms with Crippen LogP contribution in [-0.2, 0) is 13.0 Å². The fourth-order valence-electron chi connectivity index (χ4n) is 2.25. The van der Waals surface area contributed by atoms with Gasteiger partial charge in [-0.05, 0) is 12.5 Å². The molecular weight excluding hydrogens is 286 g/mol. The molecule has 2 heterocycles. The van der Waals surface area contributed by atoms with Gasteiger partial charge in [0.15, 0.2) is 5.82 Å². The Morgan fingerprint density at radius 3 is 2.71 bits per heavy atom. The normalized spacial score (nSPS) is 11.0. The van der Waals surface area contributed by atoms with Crippen LogP contribution in [0.5, 0.6) is 0 Å². The number of hydrogen-bond acceptors (Lipinski definition) is 5. The van der Waals surface area contributed by atoms with Crippen molar-refractivity contribution in [2.45, 2.75) is 26.8 Å². The van der Waals surface area contributed by atoms with E-state index in [2.05, 4.69) is 10.1 Å². The van der Waals surface area contributed by atoms with Crippen LogP contribution in [0.2, 0.25) is 0 Å². The van der Waals surface area contributed by atoms with Crippen LogP contribution >= 0.6 is 11.3 Å². The van der Waals surface area contributed by atoms with Crippen molar-refractivity contribution in [1.29, 1.82) is 0 Å². The molecule has 0 amide bonds. The minimum absolute atomic E-state index is 0.0115. The molecule has 0 saturated carbocycles. The maximum Gasteiger partial charge on any atom is 0.308 e. The van der Waals surface area contributed by atoms with Crippen LogP contribution in [0, 0.1) is 6.92 Å². The van der Waals surface area contributed by atoms with Crippen molar-refractivity contribution in [2.75, 3.05) is 0 Å². The van der Waals surface area contributed by atoms with E-state index in [0.717, 1.165) is 16.1 Å². The van der Waals surface area contributed by atoms with Gasteiger partial charge in [-0.25, -0.2) is 0 Å². The van der Waals surface area contributed by atoms with Gasteiger partial charge in [0.05, 0.1) is 5.69 Å². The van der Waals surface area contributed by atoms with Gasteiger partial charge in [0.2, 0.25) is 5.89 Å². The third kappa shape index (κ3) is 2.67. The summed E-state index contributed by atoms with van der Waals surface area (Å²) < 4.78 is 6.90. The molecule has 3 rings (SSSR count). The predicted molar refractivity (Wildman–Crippen MR) is 81.5 cm³/mol. The van der Waals surface area contributed by atoms with E-state index < -0.39 is 0 Å². The summed E-state index contributed by atoms with van der Waals surface area (Å²) in [5, 5.41) is 3.87. The molecule has 1 aromatic carbocycles. The molecule has 21 heavy (non-hydrogen) atoms. The van der Waals surface area contributed by atoms with E-state index in [1.807, 2.05) is 44.2 Å². The lowest BCUT2D eigenvalue weighted by atomic mass is 10.1. The van der Waals surface area contributed by atoms with Gasteiger partial charge in [-0.1, -0.05) is 53.7 Å². The fraction of sp³-hybridized carbons (Fsp3) is 0.267. The summed E-state index contributed by atoms with van der Waals surface area (Å²) in [5.41, 5.74) is 1.94. The lowest BCUT2D eigenvalue weighted by Gasteiger charge is -2.06. The molecule has 0 bridgehead atoms. The quantitative estimate of drug-likeness (QED) is 0.743. The number of hydrogen-bond donors (Lipinski definition) is 0. The maximum atomic E-state index is 12.2. The minimum atomic E-state index is -0.0115. The second-order valence-electron chi connectivity index (χ2n) is 4.68. The molecule has 6 heteroatoms. The average Bonchev–Trinajstić information content (AvgIpc) is 3.05. The summed E-state index contributed by atoms with van der Waals surface area (Å²) in [6.45, 7) is 4.22. The minimum Gasteiger partial charge on any atom is -0.337 e. The Morgan fingerprint density at radius 2 is 2.05 bits per heavy atom. The summed E-state index contributed by atoms with van der Waals surface area (Å²) in [6, 6.07) is 9.87. The zero-order chi connectivity index (χ0) is 14.8. The van der Waals surface area contributed by atoms with Crippen LogP contribution in [0.25, 0.3) is 11.3 Å². The highest BCUT2D eigenvalue weighted by atomic mass is 32.1. The summed E-state index contributed by atoms with van der Waals surface area (Å²) in [4.78, 5) is 17.5. The molecule has 3 aromatic rings. The monoisotopic (exact) mass is 301 g/mol. The first kappa shape index (κ1) is 13.8. The standard InChI is InChI=1S/C15H15N3O2S/c1-3-12-16-13(20-17-12)9-18-14(10(2)21-15(18)19)11-7-5-4-6-8-11/h4-8H,3,9H2,1-2H3. The molecule has 0 N–H and O–H groups in total. The van der Waals surface area contributed by atoms with Gasteiger partial charge in [-0.15, -0.1) is 0 Å². The molecule has 0 spiro atoms. The van der Waals surface area contributed by atoms with Crippen molar-refractivity contribution in [2.24, 2.45) is 0 Å². The van der Waals surface area contributed by atoms with E-state index in [1.54, 1.807) is 4.57 Å². The first-order valence-electron chi connectivity index (χ1n) is 6.76. The van der Waals surface area contributed by atoms with E-state index in [1.165, 1.54) is 11.3 Å². The molecule has 0 aliphatic heterocycles. The van der Waals surface area contributed by atoms with Gasteiger partial charge in [0.1, 0.15) is 6.54 Å². The number of thiazole rings is 1. The Kier molecular flexibility index (Phi) is 3.70. The van der Waals surface area contributed by atoms with Gasteiger partial charge in [-0.3, -0.25) is 9.36 Å². The van der Waals surface area contributed by atoms with Crippen molar-refractivity contribution >= 4 is 11.3 Å². The molecule has 5 nitrogen and oxygen atoms in total. The third-order valence-electron chi connectivity index (χ3n) is 3.23. The highest BCUT2D eigenvalue weighted by Crippen LogP contribution is 2.25. The molecular formula is C15H15N3O2S. The van der Waals surface area contributed by atoms with Gasteiger partial charge in [0.25, 0.3) is 0 Å². The van der Waals surface area contributed by atoms with Crippen LogP contribution in [-0.4, -0.2) is 14.7 Å². The van der Waals surface area contributed by atoms with Crippen LogP contribution in [0.15, 0.2) is 39.6 Å². The summed E-state index contributed by atoms with van der Waals surface area (Å²) in [7, 11) is 0. The first-order chi connectivity index (χ1) is 10.2. The van der Waals surface area contributed by atoms with Crippen molar-refractivity contribution in [3.63, 3.8) is 0 Å². The number of rotatable bonds is 4.